The molecule has 8 heteroatoms. The van der Waals surface area contributed by atoms with Gasteiger partial charge >= 0.3 is 12.0 Å². The molecule has 1 aliphatic heterocycles. The van der Waals surface area contributed by atoms with Crippen LogP contribution in [0.5, 0.6) is 0 Å². The van der Waals surface area contributed by atoms with Crippen molar-refractivity contribution in [3.63, 3.8) is 0 Å². The van der Waals surface area contributed by atoms with Gasteiger partial charge in [0.15, 0.2) is 0 Å². The summed E-state index contributed by atoms with van der Waals surface area (Å²) < 4.78 is 6.04. The number of rotatable bonds is 7. The van der Waals surface area contributed by atoms with Crippen LogP contribution in [-0.2, 0) is 19.9 Å². The SMILES string of the molecule is CO[C@@]1(c2ccc(-c3ccccc3)cc2)C[C@@H](C(=O)O)N(C(=O)C(NC(=O)NC23CC4CC(CC(C4)C2)C3)C(C)(C)C)C1. The third-order valence-corrected chi connectivity index (χ3v) is 10.6. The van der Waals surface area contributed by atoms with E-state index in [1.165, 1.54) is 24.2 Å². The number of likely N-dealkylation sites (tertiary alicyclic amines) is 1. The molecule has 4 saturated carbocycles. The lowest BCUT2D eigenvalue weighted by Gasteiger charge is -2.56. The van der Waals surface area contributed by atoms with E-state index in [1.54, 1.807) is 7.11 Å². The van der Waals surface area contributed by atoms with Crippen molar-refractivity contribution < 1.29 is 24.2 Å². The van der Waals surface area contributed by atoms with Crippen molar-refractivity contribution in [1.29, 1.82) is 0 Å². The van der Waals surface area contributed by atoms with Crippen molar-refractivity contribution in [2.24, 2.45) is 23.2 Å². The maximum atomic E-state index is 14.2. The first-order valence-electron chi connectivity index (χ1n) is 15.7. The number of nitrogens with one attached hydrogen (secondary N) is 2. The summed E-state index contributed by atoms with van der Waals surface area (Å²) >= 11 is 0. The number of aliphatic carboxylic acids is 1. The van der Waals surface area contributed by atoms with E-state index >= 15 is 0 Å². The molecule has 4 bridgehead atoms. The fourth-order valence-corrected chi connectivity index (χ4v) is 8.88. The number of urea groups is 1. The lowest BCUT2D eigenvalue weighted by molar-refractivity contribution is -0.150. The molecule has 0 spiro atoms. The summed E-state index contributed by atoms with van der Waals surface area (Å²) in [7, 11) is 1.57. The number of hydrogen-bond acceptors (Lipinski definition) is 4. The van der Waals surface area contributed by atoms with Gasteiger partial charge in [0.05, 0.1) is 6.54 Å². The highest BCUT2D eigenvalue weighted by molar-refractivity contribution is 5.91. The molecule has 5 aliphatic rings. The van der Waals surface area contributed by atoms with Crippen LogP contribution in [0.3, 0.4) is 0 Å². The van der Waals surface area contributed by atoms with Crippen molar-refractivity contribution in [3.8, 4) is 11.1 Å². The number of benzene rings is 2. The van der Waals surface area contributed by atoms with E-state index in [9.17, 15) is 19.5 Å². The molecule has 2 aromatic carbocycles. The van der Waals surface area contributed by atoms with Crippen LogP contribution in [0.15, 0.2) is 54.6 Å². The topological polar surface area (TPSA) is 108 Å². The summed E-state index contributed by atoms with van der Waals surface area (Å²) in [5, 5.41) is 16.6. The average molecular weight is 588 g/mol. The van der Waals surface area contributed by atoms with Crippen LogP contribution in [0, 0.1) is 23.2 Å². The summed E-state index contributed by atoms with van der Waals surface area (Å²) in [6, 6.07) is 15.6. The van der Waals surface area contributed by atoms with E-state index in [1.807, 2.05) is 75.4 Å². The molecule has 8 nitrogen and oxygen atoms in total. The van der Waals surface area contributed by atoms with Crippen molar-refractivity contribution in [2.75, 3.05) is 13.7 Å². The highest BCUT2D eigenvalue weighted by atomic mass is 16.5. The number of nitrogens with zero attached hydrogens (tertiary/aromatic N) is 1. The third kappa shape index (κ3) is 5.66. The van der Waals surface area contributed by atoms with Crippen molar-refractivity contribution in [2.45, 2.75) is 88.9 Å². The molecule has 1 heterocycles. The molecule has 4 aliphatic carbocycles. The average Bonchev–Trinajstić information content (AvgIpc) is 3.37. The van der Waals surface area contributed by atoms with Gasteiger partial charge in [-0.2, -0.15) is 0 Å². The van der Waals surface area contributed by atoms with Gasteiger partial charge in [-0.15, -0.1) is 0 Å². The number of ether oxygens (including phenoxy) is 1. The second kappa shape index (κ2) is 11.0. The number of carbonyl (C=O) groups is 3. The quantitative estimate of drug-likeness (QED) is 0.393. The predicted molar refractivity (Wildman–Crippen MR) is 164 cm³/mol. The second-order valence-corrected chi connectivity index (χ2v) is 14.8. The molecule has 3 atom stereocenters. The van der Waals surface area contributed by atoms with Gasteiger partial charge in [-0.05, 0) is 78.4 Å². The van der Waals surface area contributed by atoms with E-state index in [4.69, 9.17) is 4.74 Å². The zero-order valence-corrected chi connectivity index (χ0v) is 25.8. The molecular weight excluding hydrogens is 542 g/mol. The Morgan fingerprint density at radius 3 is 1.95 bits per heavy atom. The van der Waals surface area contributed by atoms with Crippen LogP contribution in [0.1, 0.15) is 71.3 Å². The molecule has 3 N–H and O–H groups in total. The molecule has 7 rings (SSSR count). The lowest BCUT2D eigenvalue weighted by atomic mass is 9.53. The van der Waals surface area contributed by atoms with Crippen LogP contribution in [-0.4, -0.2) is 59.2 Å². The van der Waals surface area contributed by atoms with E-state index < -0.39 is 35.0 Å². The minimum atomic E-state index is -1.08. The van der Waals surface area contributed by atoms with Gasteiger partial charge in [0.2, 0.25) is 5.91 Å². The molecular formula is C35H45N3O5. The second-order valence-electron chi connectivity index (χ2n) is 14.8. The van der Waals surface area contributed by atoms with Gasteiger partial charge in [-0.1, -0.05) is 75.4 Å². The predicted octanol–water partition coefficient (Wildman–Crippen LogP) is 5.56. The Bertz CT molecular complexity index is 1330. The fourth-order valence-electron chi connectivity index (χ4n) is 8.88. The maximum Gasteiger partial charge on any atom is 0.326 e. The van der Waals surface area contributed by atoms with Crippen LogP contribution < -0.4 is 10.6 Å². The normalized spacial score (nSPS) is 32.0. The van der Waals surface area contributed by atoms with Gasteiger partial charge in [0, 0.05) is 19.1 Å². The van der Waals surface area contributed by atoms with Crippen LogP contribution in [0.4, 0.5) is 4.79 Å². The summed E-state index contributed by atoms with van der Waals surface area (Å²) in [6.45, 7) is 5.78. The number of hydrogen-bond donors (Lipinski definition) is 3. The molecule has 0 aromatic heterocycles. The molecule has 1 saturated heterocycles. The van der Waals surface area contributed by atoms with Crippen LogP contribution in [0.25, 0.3) is 11.1 Å². The Morgan fingerprint density at radius 2 is 1.44 bits per heavy atom. The number of amides is 3. The number of methoxy groups -OCH3 is 1. The van der Waals surface area contributed by atoms with Gasteiger partial charge in [-0.3, -0.25) is 4.79 Å². The van der Waals surface area contributed by atoms with Gasteiger partial charge in [0.1, 0.15) is 17.7 Å². The molecule has 3 amide bonds. The molecule has 1 unspecified atom stereocenters. The fraction of sp³-hybridized carbons (Fsp3) is 0.571. The molecule has 0 radical (unpaired) electrons. The number of carboxylic acids is 1. The Morgan fingerprint density at radius 1 is 0.884 bits per heavy atom. The Labute approximate surface area is 254 Å². The molecule has 43 heavy (non-hydrogen) atoms. The summed E-state index contributed by atoms with van der Waals surface area (Å²) in [5.41, 5.74) is 1.11. The number of carboxylic acid groups (broad SMARTS) is 1. The largest absolute Gasteiger partial charge is 0.480 e. The van der Waals surface area contributed by atoms with E-state index in [2.05, 4.69) is 10.6 Å². The van der Waals surface area contributed by atoms with E-state index in [-0.39, 0.29) is 24.5 Å². The molecule has 2 aromatic rings. The van der Waals surface area contributed by atoms with Gasteiger partial charge < -0.3 is 25.4 Å². The zero-order chi connectivity index (χ0) is 30.6. The minimum absolute atomic E-state index is 0.0782. The van der Waals surface area contributed by atoms with Crippen molar-refractivity contribution >= 4 is 17.9 Å². The standard InChI is InChI=1S/C35H45N3O5/c1-33(2,3)29(36-32(42)37-34-17-22-14-23(18-34)16-24(15-22)19-34)30(39)38-21-35(43-4,20-28(38)31(40)41)27-12-10-26(11-13-27)25-8-6-5-7-9-25/h5-13,22-24,28-29H,14-21H2,1-4H3,(H,40,41)(H2,36,37,42)/t22?,23?,24?,28-,29?,34?,35-/m0/s1. The van der Waals surface area contributed by atoms with E-state index in [0.29, 0.717) is 17.8 Å². The summed E-state index contributed by atoms with van der Waals surface area (Å²) in [4.78, 5) is 41.7. The first-order chi connectivity index (χ1) is 20.4. The highest BCUT2D eigenvalue weighted by Crippen LogP contribution is 2.55. The Balaban J connectivity index is 1.22. The smallest absolute Gasteiger partial charge is 0.326 e. The van der Waals surface area contributed by atoms with Crippen molar-refractivity contribution in [1.82, 2.24) is 15.5 Å². The maximum absolute atomic E-state index is 14.2. The molecule has 230 valence electrons. The van der Waals surface area contributed by atoms with Crippen LogP contribution in [0.2, 0.25) is 0 Å². The van der Waals surface area contributed by atoms with Gasteiger partial charge in [-0.25, -0.2) is 9.59 Å². The van der Waals surface area contributed by atoms with E-state index in [0.717, 1.165) is 36.0 Å². The minimum Gasteiger partial charge on any atom is -0.480 e. The van der Waals surface area contributed by atoms with Crippen molar-refractivity contribution in [3.05, 3.63) is 60.2 Å². The monoisotopic (exact) mass is 587 g/mol. The Hall–Kier alpha value is -3.39. The summed E-state index contributed by atoms with van der Waals surface area (Å²) in [6.07, 6.45) is 6.95. The highest BCUT2D eigenvalue weighted by Gasteiger charge is 2.54. The molecule has 5 fully saturated rings. The Kier molecular flexibility index (Phi) is 7.56. The number of carbonyl (C=O) groups excluding carboxylic acids is 2. The first kappa shape index (κ1) is 29.7. The van der Waals surface area contributed by atoms with Gasteiger partial charge in [0.25, 0.3) is 0 Å². The lowest BCUT2D eigenvalue weighted by Crippen LogP contribution is -2.64. The summed E-state index contributed by atoms with van der Waals surface area (Å²) in [5.74, 6) is 0.545. The van der Waals surface area contributed by atoms with Crippen LogP contribution >= 0.6 is 0 Å². The zero-order valence-electron chi connectivity index (χ0n) is 25.8. The third-order valence-electron chi connectivity index (χ3n) is 10.6. The first-order valence-corrected chi connectivity index (χ1v) is 15.7.